The molecule has 0 spiro atoms. The molecule has 4 aromatic rings. The lowest BCUT2D eigenvalue weighted by molar-refractivity contribution is -0.122. The summed E-state index contributed by atoms with van der Waals surface area (Å²) < 4.78 is 16.7. The molecule has 0 atom stereocenters. The molecular formula is C30H24N2O6. The first kappa shape index (κ1) is 24.6. The molecule has 8 nitrogen and oxygen atoms in total. The second-order valence-electron chi connectivity index (χ2n) is 8.49. The van der Waals surface area contributed by atoms with Crippen LogP contribution in [0.15, 0.2) is 90.5 Å². The van der Waals surface area contributed by atoms with Crippen LogP contribution in [0.25, 0.3) is 16.8 Å². The Morgan fingerprint density at radius 3 is 2.34 bits per heavy atom. The highest BCUT2D eigenvalue weighted by Gasteiger charge is 2.36. The van der Waals surface area contributed by atoms with Gasteiger partial charge in [0.1, 0.15) is 17.9 Å². The van der Waals surface area contributed by atoms with Crippen LogP contribution < -0.4 is 24.4 Å². The van der Waals surface area contributed by atoms with Crippen molar-refractivity contribution in [1.29, 1.82) is 0 Å². The van der Waals surface area contributed by atoms with Crippen molar-refractivity contribution >= 4 is 40.4 Å². The summed E-state index contributed by atoms with van der Waals surface area (Å²) in [5.74, 6) is 0.00266. The number of nitrogens with zero attached hydrogens (tertiary/aromatic N) is 1. The van der Waals surface area contributed by atoms with Crippen LogP contribution in [0, 0.1) is 0 Å². The molecule has 0 bridgehead atoms. The smallest absolute Gasteiger partial charge is 0.335 e. The molecule has 0 aliphatic carbocycles. The quantitative estimate of drug-likeness (QED) is 0.276. The van der Waals surface area contributed by atoms with Gasteiger partial charge in [-0.05, 0) is 64.4 Å². The summed E-state index contributed by atoms with van der Waals surface area (Å²) in [6.07, 6.45) is 1.41. The molecule has 1 fully saturated rings. The molecule has 4 amide bonds. The molecule has 8 heteroatoms. The van der Waals surface area contributed by atoms with Gasteiger partial charge in [-0.3, -0.25) is 14.9 Å². The Bertz CT molecular complexity index is 1570. The topological polar surface area (TPSA) is 94.2 Å². The maximum absolute atomic E-state index is 13.2. The van der Waals surface area contributed by atoms with E-state index in [-0.39, 0.29) is 5.57 Å². The van der Waals surface area contributed by atoms with Gasteiger partial charge in [-0.15, -0.1) is 0 Å². The van der Waals surface area contributed by atoms with E-state index in [0.29, 0.717) is 35.1 Å². The summed E-state index contributed by atoms with van der Waals surface area (Å²) in [4.78, 5) is 39.1. The van der Waals surface area contributed by atoms with Gasteiger partial charge in [0.25, 0.3) is 11.8 Å². The highest BCUT2D eigenvalue weighted by Crippen LogP contribution is 2.31. The summed E-state index contributed by atoms with van der Waals surface area (Å²) in [6.45, 7) is 0.331. The molecule has 0 unspecified atom stereocenters. The van der Waals surface area contributed by atoms with E-state index in [2.05, 4.69) is 5.32 Å². The lowest BCUT2D eigenvalue weighted by Crippen LogP contribution is -2.54. The third-order valence-electron chi connectivity index (χ3n) is 6.19. The number of fused-ring (bicyclic) bond motifs is 1. The Kier molecular flexibility index (Phi) is 6.78. The van der Waals surface area contributed by atoms with E-state index in [0.717, 1.165) is 21.2 Å². The Balaban J connectivity index is 1.39. The first-order valence-corrected chi connectivity index (χ1v) is 11.8. The first-order valence-electron chi connectivity index (χ1n) is 11.8. The number of nitrogens with one attached hydrogen (secondary N) is 1. The van der Waals surface area contributed by atoms with E-state index in [9.17, 15) is 14.4 Å². The molecule has 1 N–H and O–H groups in total. The standard InChI is InChI=1S/C30H24N2O6/c1-36-23-13-11-22(12-14-23)32-29(34)25(28(33)31-30(32)35)16-19-10-15-26(27(17-19)37-2)38-18-21-8-5-7-20-6-3-4-9-24(20)21/h3-17H,18H2,1-2H3,(H,31,33,35)/b25-16-. The van der Waals surface area contributed by atoms with Crippen LogP contribution >= 0.6 is 0 Å². The van der Waals surface area contributed by atoms with Crippen LogP contribution in [-0.2, 0) is 16.2 Å². The van der Waals surface area contributed by atoms with Gasteiger partial charge in [0.05, 0.1) is 19.9 Å². The van der Waals surface area contributed by atoms with Crippen molar-refractivity contribution in [3.8, 4) is 17.2 Å². The van der Waals surface area contributed by atoms with Crippen LogP contribution in [0.2, 0.25) is 0 Å². The van der Waals surface area contributed by atoms with Gasteiger partial charge >= 0.3 is 6.03 Å². The minimum absolute atomic E-state index is 0.188. The van der Waals surface area contributed by atoms with Crippen molar-refractivity contribution < 1.29 is 28.6 Å². The highest BCUT2D eigenvalue weighted by molar-refractivity contribution is 6.39. The van der Waals surface area contributed by atoms with Crippen LogP contribution in [0.3, 0.4) is 0 Å². The van der Waals surface area contributed by atoms with E-state index in [4.69, 9.17) is 14.2 Å². The first-order chi connectivity index (χ1) is 18.5. The average Bonchev–Trinajstić information content (AvgIpc) is 2.94. The molecule has 1 heterocycles. The number of urea groups is 1. The summed E-state index contributed by atoms with van der Waals surface area (Å²) >= 11 is 0. The fourth-order valence-corrected chi connectivity index (χ4v) is 4.26. The zero-order valence-electron chi connectivity index (χ0n) is 20.8. The number of carbonyl (C=O) groups is 3. The normalized spacial score (nSPS) is 14.5. The number of barbiturate groups is 1. The van der Waals surface area contributed by atoms with E-state index in [1.54, 1.807) is 42.5 Å². The number of methoxy groups -OCH3 is 2. The maximum atomic E-state index is 13.2. The number of carbonyl (C=O) groups excluding carboxylic acids is 3. The highest BCUT2D eigenvalue weighted by atomic mass is 16.5. The molecule has 1 aliphatic rings. The van der Waals surface area contributed by atoms with Gasteiger partial charge in [-0.2, -0.15) is 0 Å². The summed E-state index contributed by atoms with van der Waals surface area (Å²) in [6, 6.07) is 24.8. The van der Waals surface area contributed by atoms with Gasteiger partial charge < -0.3 is 14.2 Å². The van der Waals surface area contributed by atoms with E-state index >= 15 is 0 Å². The fraction of sp³-hybridized carbons (Fsp3) is 0.100. The van der Waals surface area contributed by atoms with E-state index < -0.39 is 17.8 Å². The van der Waals surface area contributed by atoms with Crippen LogP contribution in [0.1, 0.15) is 11.1 Å². The molecule has 190 valence electrons. The van der Waals surface area contributed by atoms with E-state index in [1.807, 2.05) is 42.5 Å². The van der Waals surface area contributed by atoms with Crippen molar-refractivity contribution in [3.63, 3.8) is 0 Å². The third-order valence-corrected chi connectivity index (χ3v) is 6.19. The minimum atomic E-state index is -0.822. The lowest BCUT2D eigenvalue weighted by atomic mass is 10.1. The van der Waals surface area contributed by atoms with Crippen molar-refractivity contribution in [1.82, 2.24) is 5.32 Å². The van der Waals surface area contributed by atoms with Gasteiger partial charge in [-0.1, -0.05) is 48.5 Å². The predicted molar refractivity (Wildman–Crippen MR) is 143 cm³/mol. The number of anilines is 1. The van der Waals surface area contributed by atoms with Gasteiger partial charge in [0, 0.05) is 0 Å². The van der Waals surface area contributed by atoms with Crippen molar-refractivity contribution in [2.24, 2.45) is 0 Å². The summed E-state index contributed by atoms with van der Waals surface area (Å²) in [5, 5.41) is 4.45. The molecular weight excluding hydrogens is 484 g/mol. The number of rotatable bonds is 7. The molecule has 5 rings (SSSR count). The van der Waals surface area contributed by atoms with Crippen LogP contribution in [0.5, 0.6) is 17.2 Å². The molecule has 0 radical (unpaired) electrons. The Morgan fingerprint density at radius 1 is 0.816 bits per heavy atom. The van der Waals surface area contributed by atoms with Crippen molar-refractivity contribution in [3.05, 3.63) is 102 Å². The van der Waals surface area contributed by atoms with Gasteiger partial charge in [0.2, 0.25) is 0 Å². The third kappa shape index (κ3) is 4.79. The molecule has 1 aliphatic heterocycles. The number of ether oxygens (including phenoxy) is 3. The molecule has 38 heavy (non-hydrogen) atoms. The Hall–Kier alpha value is -5.11. The number of imide groups is 2. The average molecular weight is 509 g/mol. The van der Waals surface area contributed by atoms with Crippen LogP contribution in [-0.4, -0.2) is 32.1 Å². The monoisotopic (exact) mass is 508 g/mol. The Morgan fingerprint density at radius 2 is 1.58 bits per heavy atom. The molecule has 0 saturated carbocycles. The maximum Gasteiger partial charge on any atom is 0.335 e. The number of benzene rings is 4. The van der Waals surface area contributed by atoms with Crippen molar-refractivity contribution in [2.75, 3.05) is 19.1 Å². The zero-order valence-corrected chi connectivity index (χ0v) is 20.8. The number of amides is 4. The second kappa shape index (κ2) is 10.5. The minimum Gasteiger partial charge on any atom is -0.497 e. The number of hydrogen-bond donors (Lipinski definition) is 1. The summed E-state index contributed by atoms with van der Waals surface area (Å²) in [5.41, 5.74) is 1.68. The number of hydrogen-bond acceptors (Lipinski definition) is 6. The summed E-state index contributed by atoms with van der Waals surface area (Å²) in [7, 11) is 3.03. The predicted octanol–water partition coefficient (Wildman–Crippen LogP) is 5.10. The fourth-order valence-electron chi connectivity index (χ4n) is 4.26. The second-order valence-corrected chi connectivity index (χ2v) is 8.49. The van der Waals surface area contributed by atoms with Crippen LogP contribution in [0.4, 0.5) is 10.5 Å². The van der Waals surface area contributed by atoms with E-state index in [1.165, 1.54) is 20.3 Å². The largest absolute Gasteiger partial charge is 0.497 e. The SMILES string of the molecule is COc1ccc(N2C(=O)NC(=O)/C(=C/c3ccc(OCc4cccc5ccccc45)c(OC)c3)C2=O)cc1. The van der Waals surface area contributed by atoms with Gasteiger partial charge in [0.15, 0.2) is 11.5 Å². The molecule has 0 aromatic heterocycles. The van der Waals surface area contributed by atoms with Crippen molar-refractivity contribution in [2.45, 2.75) is 6.61 Å². The molecule has 4 aromatic carbocycles. The van der Waals surface area contributed by atoms with Gasteiger partial charge in [-0.25, -0.2) is 9.69 Å². The Labute approximate surface area is 219 Å². The molecule has 1 saturated heterocycles. The lowest BCUT2D eigenvalue weighted by Gasteiger charge is -2.26. The zero-order chi connectivity index (χ0) is 26.6.